The molecular formula is C24H25N5O2. The number of aryl methyl sites for hydroxylation is 2. The number of rotatable bonds is 4. The van der Waals surface area contributed by atoms with E-state index in [0.717, 1.165) is 22.3 Å². The number of nitrogens with one attached hydrogen (secondary N) is 2. The van der Waals surface area contributed by atoms with Crippen molar-refractivity contribution in [3.8, 4) is 11.3 Å². The maximum Gasteiger partial charge on any atom is 0.319 e. The van der Waals surface area contributed by atoms with Crippen LogP contribution in [0.3, 0.4) is 0 Å². The number of hydrogen-bond acceptors (Lipinski definition) is 3. The number of pyridine rings is 1. The zero-order valence-electron chi connectivity index (χ0n) is 17.5. The zero-order chi connectivity index (χ0) is 22.2. The van der Waals surface area contributed by atoms with Crippen LogP contribution in [-0.2, 0) is 18.4 Å². The van der Waals surface area contributed by atoms with Gasteiger partial charge in [0, 0.05) is 29.8 Å². The van der Waals surface area contributed by atoms with Crippen molar-refractivity contribution in [2.24, 2.45) is 12.8 Å². The molecule has 31 heavy (non-hydrogen) atoms. The third kappa shape index (κ3) is 5.08. The Morgan fingerprint density at radius 3 is 2.48 bits per heavy atom. The maximum absolute atomic E-state index is 12.2. The molecule has 0 aliphatic rings. The molecule has 0 saturated heterocycles. The van der Waals surface area contributed by atoms with Crippen LogP contribution in [0.4, 0.5) is 10.5 Å². The second-order valence-corrected chi connectivity index (χ2v) is 6.90. The van der Waals surface area contributed by atoms with Gasteiger partial charge in [0.1, 0.15) is 0 Å². The molecule has 0 aliphatic heterocycles. The summed E-state index contributed by atoms with van der Waals surface area (Å²) >= 11 is 0. The van der Waals surface area contributed by atoms with Crippen molar-refractivity contribution in [2.45, 2.75) is 13.5 Å². The third-order valence-corrected chi connectivity index (χ3v) is 4.91. The fraction of sp³-hybridized carbons (Fsp3) is 0.125. The van der Waals surface area contributed by atoms with Crippen LogP contribution in [0.25, 0.3) is 22.2 Å². The summed E-state index contributed by atoms with van der Waals surface area (Å²) in [7, 11) is 2.07. The Hall–Kier alpha value is -4.13. The van der Waals surface area contributed by atoms with Crippen LogP contribution in [0.1, 0.15) is 11.3 Å². The fourth-order valence-corrected chi connectivity index (χ4v) is 3.56. The lowest BCUT2D eigenvalue weighted by Gasteiger charge is -2.08. The van der Waals surface area contributed by atoms with Crippen molar-refractivity contribution in [3.63, 3.8) is 0 Å². The molecular weight excluding hydrogens is 390 g/mol. The summed E-state index contributed by atoms with van der Waals surface area (Å²) in [4.78, 5) is 25.0. The average Bonchev–Trinajstić information content (AvgIpc) is 3.04. The van der Waals surface area contributed by atoms with Gasteiger partial charge in [0.25, 0.3) is 0 Å². The van der Waals surface area contributed by atoms with Gasteiger partial charge in [-0.15, -0.1) is 0 Å². The molecule has 0 radical (unpaired) electrons. The van der Waals surface area contributed by atoms with Crippen molar-refractivity contribution in [1.29, 1.82) is 0 Å². The van der Waals surface area contributed by atoms with E-state index in [9.17, 15) is 4.79 Å². The summed E-state index contributed by atoms with van der Waals surface area (Å²) in [5.74, 6) is 0. The molecule has 0 atom stereocenters. The van der Waals surface area contributed by atoms with E-state index in [4.69, 9.17) is 4.79 Å². The van der Waals surface area contributed by atoms with E-state index in [-0.39, 0.29) is 12.4 Å². The van der Waals surface area contributed by atoms with Gasteiger partial charge in [0.2, 0.25) is 6.41 Å². The first-order valence-corrected chi connectivity index (χ1v) is 9.79. The first-order valence-electron chi connectivity index (χ1n) is 9.79. The quantitative estimate of drug-likeness (QED) is 0.440. The molecule has 0 aliphatic carbocycles. The Balaban J connectivity index is 0.000000858. The second-order valence-electron chi connectivity index (χ2n) is 6.90. The van der Waals surface area contributed by atoms with Crippen molar-refractivity contribution in [1.82, 2.24) is 14.9 Å². The molecule has 4 aromatic rings. The molecule has 0 fully saturated rings. The molecule has 4 N–H and O–H groups in total. The van der Waals surface area contributed by atoms with E-state index in [1.165, 1.54) is 16.8 Å². The Kier molecular flexibility index (Phi) is 7.01. The maximum atomic E-state index is 12.2. The lowest BCUT2D eigenvalue weighted by atomic mass is 10.1. The third-order valence-electron chi connectivity index (χ3n) is 4.91. The summed E-state index contributed by atoms with van der Waals surface area (Å²) in [6.45, 7) is 2.51. The number of carbonyl (C=O) groups is 2. The molecule has 0 unspecified atom stereocenters. The number of aromatic nitrogens is 2. The Morgan fingerprint density at radius 2 is 1.81 bits per heavy atom. The summed E-state index contributed by atoms with van der Waals surface area (Å²) in [6, 6.07) is 21.7. The topological polar surface area (TPSA) is 102 Å². The Morgan fingerprint density at radius 1 is 1.10 bits per heavy atom. The van der Waals surface area contributed by atoms with Gasteiger partial charge >= 0.3 is 6.03 Å². The van der Waals surface area contributed by atoms with E-state index in [0.29, 0.717) is 6.54 Å². The van der Waals surface area contributed by atoms with Gasteiger partial charge in [-0.1, -0.05) is 36.4 Å². The van der Waals surface area contributed by atoms with Crippen LogP contribution < -0.4 is 16.4 Å². The van der Waals surface area contributed by atoms with Crippen molar-refractivity contribution in [2.75, 3.05) is 5.32 Å². The number of fused-ring (bicyclic) bond motifs is 1. The van der Waals surface area contributed by atoms with Crippen LogP contribution in [0, 0.1) is 6.92 Å². The summed E-state index contributed by atoms with van der Waals surface area (Å²) in [5, 5.41) is 6.88. The molecule has 7 nitrogen and oxygen atoms in total. The number of benzene rings is 2. The number of anilines is 1. The first-order chi connectivity index (χ1) is 15.0. The number of primary amides is 1. The molecule has 2 aromatic heterocycles. The number of amides is 3. The van der Waals surface area contributed by atoms with Crippen molar-refractivity contribution >= 4 is 29.0 Å². The lowest BCUT2D eigenvalue weighted by Crippen LogP contribution is -2.28. The number of hydrogen-bond donors (Lipinski definition) is 3. The highest BCUT2D eigenvalue weighted by atomic mass is 16.2. The minimum atomic E-state index is -0.248. The SMILES string of the molecule is Cc1c(-c2ccccc2)n(C)c2ccc(NC(=O)NCc3ccccn3)cc12.NC=O. The van der Waals surface area contributed by atoms with Gasteiger partial charge in [0.05, 0.1) is 17.9 Å². The van der Waals surface area contributed by atoms with E-state index in [2.05, 4.69) is 52.0 Å². The zero-order valence-corrected chi connectivity index (χ0v) is 17.5. The number of urea groups is 1. The Labute approximate surface area is 180 Å². The largest absolute Gasteiger partial charge is 0.372 e. The average molecular weight is 415 g/mol. The fourth-order valence-electron chi connectivity index (χ4n) is 3.56. The second kappa shape index (κ2) is 10.1. The lowest BCUT2D eigenvalue weighted by molar-refractivity contribution is -0.106. The molecule has 0 saturated carbocycles. The van der Waals surface area contributed by atoms with E-state index >= 15 is 0 Å². The van der Waals surface area contributed by atoms with Crippen LogP contribution in [0.15, 0.2) is 72.9 Å². The number of nitrogens with two attached hydrogens (primary N) is 1. The summed E-state index contributed by atoms with van der Waals surface area (Å²) in [5.41, 5.74) is 10.4. The molecule has 7 heteroatoms. The van der Waals surface area contributed by atoms with Gasteiger partial charge in [-0.3, -0.25) is 9.78 Å². The predicted molar refractivity (Wildman–Crippen MR) is 123 cm³/mol. The van der Waals surface area contributed by atoms with Crippen molar-refractivity contribution in [3.05, 3.63) is 84.2 Å². The molecule has 2 aromatic carbocycles. The van der Waals surface area contributed by atoms with E-state index in [1.807, 2.05) is 54.6 Å². The Bertz CT molecular complexity index is 1170. The standard InChI is InChI=1S/C23H22N4O.CH3NO/c1-16-20-14-18(26-23(28)25-15-19-10-6-7-13-24-19)11-12-21(20)27(2)22(16)17-8-4-3-5-9-17;2-1-3/h3-14H,15H2,1-2H3,(H2,25,26,28);1H,(H2,2,3). The van der Waals surface area contributed by atoms with Gasteiger partial charge in [-0.05, 0) is 48.4 Å². The van der Waals surface area contributed by atoms with Gasteiger partial charge in [-0.2, -0.15) is 0 Å². The van der Waals surface area contributed by atoms with Crippen LogP contribution in [0.5, 0.6) is 0 Å². The van der Waals surface area contributed by atoms with E-state index in [1.54, 1.807) is 6.20 Å². The molecule has 158 valence electrons. The predicted octanol–water partition coefficient (Wildman–Crippen LogP) is 3.97. The summed E-state index contributed by atoms with van der Waals surface area (Å²) in [6.07, 6.45) is 1.96. The van der Waals surface area contributed by atoms with Gasteiger partial charge in [0.15, 0.2) is 0 Å². The summed E-state index contributed by atoms with van der Waals surface area (Å²) < 4.78 is 2.20. The first kappa shape index (κ1) is 21.6. The van der Waals surface area contributed by atoms with Crippen LogP contribution >= 0.6 is 0 Å². The molecule has 0 spiro atoms. The smallest absolute Gasteiger partial charge is 0.319 e. The van der Waals surface area contributed by atoms with Crippen molar-refractivity contribution < 1.29 is 9.59 Å². The van der Waals surface area contributed by atoms with Gasteiger partial charge in [-0.25, -0.2) is 4.79 Å². The van der Waals surface area contributed by atoms with Crippen LogP contribution in [0.2, 0.25) is 0 Å². The number of nitrogens with zero attached hydrogens (tertiary/aromatic N) is 2. The molecule has 0 bridgehead atoms. The highest BCUT2D eigenvalue weighted by Crippen LogP contribution is 2.33. The van der Waals surface area contributed by atoms with Gasteiger partial charge < -0.3 is 20.9 Å². The molecule has 3 amide bonds. The molecule has 4 rings (SSSR count). The van der Waals surface area contributed by atoms with Crippen LogP contribution in [-0.4, -0.2) is 22.0 Å². The normalized spacial score (nSPS) is 10.1. The highest BCUT2D eigenvalue weighted by Gasteiger charge is 2.14. The molecule has 2 heterocycles. The number of carbonyl (C=O) groups excluding carboxylic acids is 2. The minimum absolute atomic E-state index is 0.248. The minimum Gasteiger partial charge on any atom is -0.372 e. The monoisotopic (exact) mass is 415 g/mol. The van der Waals surface area contributed by atoms with E-state index < -0.39 is 0 Å². The highest BCUT2D eigenvalue weighted by molar-refractivity contribution is 5.97.